The second kappa shape index (κ2) is 14.2. The zero-order valence-corrected chi connectivity index (χ0v) is 27.7. The summed E-state index contributed by atoms with van der Waals surface area (Å²) in [5.74, 6) is -0.878. The SMILES string of the molecule is C=CC(C)(C)OC[C@H]1O[C@H](O[C@@H]2C3=C(C(C)COC(C)=O)C[C@H](O)[C@]3(C)/C=C3/[C@@H](COC)CC[C@H]3[C@@H](C)[C@H]2O)[C@H](O)[C@@H](O)[C@@H]1O. The van der Waals surface area contributed by atoms with Crippen molar-refractivity contribution in [1.29, 1.82) is 0 Å². The maximum Gasteiger partial charge on any atom is 0.302 e. The van der Waals surface area contributed by atoms with Crippen LogP contribution in [0, 0.1) is 29.1 Å². The molecule has 13 atom stereocenters. The Kier molecular flexibility index (Phi) is 11.4. The van der Waals surface area contributed by atoms with Crippen LogP contribution in [0.4, 0.5) is 0 Å². The number of hydrogen-bond donors (Lipinski definition) is 5. The van der Waals surface area contributed by atoms with Crippen molar-refractivity contribution < 1.29 is 54.0 Å². The van der Waals surface area contributed by atoms with Crippen molar-refractivity contribution in [3.05, 3.63) is 35.5 Å². The number of aliphatic hydroxyl groups excluding tert-OH is 5. The van der Waals surface area contributed by atoms with Crippen molar-refractivity contribution in [3.63, 3.8) is 0 Å². The molecule has 0 spiro atoms. The Labute approximate surface area is 266 Å². The second-order valence-corrected chi connectivity index (χ2v) is 14.2. The Balaban J connectivity index is 1.78. The molecule has 4 aliphatic rings. The van der Waals surface area contributed by atoms with Gasteiger partial charge in [0, 0.05) is 31.3 Å². The average Bonchev–Trinajstić information content (AvgIpc) is 3.49. The number of methoxy groups -OCH3 is 1. The molecule has 5 N–H and O–H groups in total. The first-order valence-corrected chi connectivity index (χ1v) is 16.1. The Morgan fingerprint density at radius 1 is 1.13 bits per heavy atom. The van der Waals surface area contributed by atoms with Crippen molar-refractivity contribution in [3.8, 4) is 0 Å². The fourth-order valence-electron chi connectivity index (χ4n) is 7.56. The molecule has 256 valence electrons. The molecule has 0 radical (unpaired) electrons. The molecule has 0 aromatic heterocycles. The summed E-state index contributed by atoms with van der Waals surface area (Å²) in [5.41, 5.74) is 0.864. The van der Waals surface area contributed by atoms with Gasteiger partial charge < -0.3 is 49.2 Å². The fourth-order valence-corrected chi connectivity index (χ4v) is 7.56. The molecular weight excluding hydrogens is 584 g/mol. The summed E-state index contributed by atoms with van der Waals surface area (Å²) >= 11 is 0. The lowest BCUT2D eigenvalue weighted by atomic mass is 9.68. The molecular formula is C34H54O11. The average molecular weight is 639 g/mol. The van der Waals surface area contributed by atoms with E-state index in [1.807, 2.05) is 20.8 Å². The van der Waals surface area contributed by atoms with Crippen LogP contribution in [0.15, 0.2) is 35.5 Å². The van der Waals surface area contributed by atoms with Crippen molar-refractivity contribution in [2.75, 3.05) is 26.9 Å². The van der Waals surface area contributed by atoms with E-state index in [1.165, 1.54) is 6.92 Å². The summed E-state index contributed by atoms with van der Waals surface area (Å²) in [5, 5.41) is 56.5. The van der Waals surface area contributed by atoms with E-state index in [0.717, 1.165) is 24.0 Å². The molecule has 1 saturated heterocycles. The number of fused-ring (bicyclic) bond motifs is 2. The minimum Gasteiger partial charge on any atom is -0.465 e. The molecule has 3 aliphatic carbocycles. The predicted molar refractivity (Wildman–Crippen MR) is 165 cm³/mol. The highest BCUT2D eigenvalue weighted by atomic mass is 16.7. The van der Waals surface area contributed by atoms with E-state index in [-0.39, 0.29) is 43.3 Å². The van der Waals surface area contributed by atoms with E-state index in [0.29, 0.717) is 12.2 Å². The van der Waals surface area contributed by atoms with E-state index < -0.39 is 66.0 Å². The van der Waals surface area contributed by atoms with Crippen LogP contribution in [-0.2, 0) is 28.5 Å². The maximum absolute atomic E-state index is 12.1. The van der Waals surface area contributed by atoms with Crippen LogP contribution in [0.2, 0.25) is 0 Å². The molecule has 11 heteroatoms. The van der Waals surface area contributed by atoms with Crippen molar-refractivity contribution in [2.24, 2.45) is 29.1 Å². The zero-order chi connectivity index (χ0) is 33.4. The molecule has 0 aromatic carbocycles. The molecule has 1 saturated carbocycles. The van der Waals surface area contributed by atoms with E-state index in [9.17, 15) is 30.3 Å². The molecule has 45 heavy (non-hydrogen) atoms. The van der Waals surface area contributed by atoms with Gasteiger partial charge in [0.15, 0.2) is 6.29 Å². The zero-order valence-electron chi connectivity index (χ0n) is 27.7. The maximum atomic E-state index is 12.1. The lowest BCUT2D eigenvalue weighted by Crippen LogP contribution is -2.61. The number of carbonyl (C=O) groups is 1. The molecule has 1 unspecified atom stereocenters. The molecule has 11 nitrogen and oxygen atoms in total. The van der Waals surface area contributed by atoms with Gasteiger partial charge in [-0.15, -0.1) is 6.58 Å². The van der Waals surface area contributed by atoms with Gasteiger partial charge in [-0.2, -0.15) is 0 Å². The van der Waals surface area contributed by atoms with Gasteiger partial charge in [0.05, 0.1) is 37.6 Å². The topological polar surface area (TPSA) is 164 Å². The monoisotopic (exact) mass is 638 g/mol. The van der Waals surface area contributed by atoms with Crippen LogP contribution < -0.4 is 0 Å². The van der Waals surface area contributed by atoms with Crippen molar-refractivity contribution in [2.45, 2.75) is 115 Å². The Hall–Kier alpha value is -1.67. The van der Waals surface area contributed by atoms with Crippen LogP contribution in [0.5, 0.6) is 0 Å². The standard InChI is InChI=1S/C34H54O11/c1-9-33(5,6)43-16-24-28(38)29(39)30(40)32(44-24)45-31-26-22(17(2)14-42-19(4)35)12-25(36)34(26,7)13-23-20(15-41-8)10-11-21(23)18(3)27(31)37/h9,13,17-18,20-21,24-25,27-32,36-40H,1,10-12,14-16H2,2-8H3/b23-13-/t17?,18-,20-,21+,24-,25+,27-,28-,29+,30-,31-,32-,34+/m1/s1. The minimum atomic E-state index is -1.64. The number of aliphatic hydroxyl groups is 5. The van der Waals surface area contributed by atoms with Gasteiger partial charge in [0.2, 0.25) is 0 Å². The first-order valence-electron chi connectivity index (χ1n) is 16.1. The highest BCUT2D eigenvalue weighted by Gasteiger charge is 2.55. The van der Waals surface area contributed by atoms with Gasteiger partial charge in [-0.25, -0.2) is 0 Å². The molecule has 4 rings (SSSR count). The summed E-state index contributed by atoms with van der Waals surface area (Å²) in [6, 6.07) is 0. The number of rotatable bonds is 11. The molecule has 1 aliphatic heterocycles. The number of hydrogen-bond acceptors (Lipinski definition) is 11. The summed E-state index contributed by atoms with van der Waals surface area (Å²) in [6.45, 7) is 15.0. The lowest BCUT2D eigenvalue weighted by molar-refractivity contribution is -0.319. The quantitative estimate of drug-likeness (QED) is 0.166. The molecule has 1 heterocycles. The van der Waals surface area contributed by atoms with E-state index >= 15 is 0 Å². The van der Waals surface area contributed by atoms with Crippen LogP contribution in [0.1, 0.15) is 60.8 Å². The molecule has 2 fully saturated rings. The van der Waals surface area contributed by atoms with Crippen LogP contribution in [0.25, 0.3) is 0 Å². The van der Waals surface area contributed by atoms with Crippen LogP contribution in [0.3, 0.4) is 0 Å². The van der Waals surface area contributed by atoms with Gasteiger partial charge in [0.1, 0.15) is 30.5 Å². The Morgan fingerprint density at radius 3 is 2.44 bits per heavy atom. The molecule has 0 bridgehead atoms. The molecule has 0 aromatic rings. The summed E-state index contributed by atoms with van der Waals surface area (Å²) in [4.78, 5) is 11.7. The summed E-state index contributed by atoms with van der Waals surface area (Å²) in [6.07, 6.45) is -4.51. The third-order valence-electron chi connectivity index (χ3n) is 10.6. The van der Waals surface area contributed by atoms with E-state index in [1.54, 1.807) is 27.0 Å². The highest BCUT2D eigenvalue weighted by Crippen LogP contribution is 2.55. The van der Waals surface area contributed by atoms with Gasteiger partial charge in [-0.3, -0.25) is 4.79 Å². The van der Waals surface area contributed by atoms with Crippen LogP contribution >= 0.6 is 0 Å². The third-order valence-corrected chi connectivity index (χ3v) is 10.6. The number of carbonyl (C=O) groups excluding carboxylic acids is 1. The van der Waals surface area contributed by atoms with Gasteiger partial charge in [0.25, 0.3) is 0 Å². The Morgan fingerprint density at radius 2 is 1.82 bits per heavy atom. The summed E-state index contributed by atoms with van der Waals surface area (Å²) < 4.78 is 29.3. The second-order valence-electron chi connectivity index (χ2n) is 14.2. The smallest absolute Gasteiger partial charge is 0.302 e. The fraction of sp³-hybridized carbons (Fsp3) is 0.794. The number of ether oxygens (including phenoxy) is 5. The molecule has 0 amide bonds. The Bertz CT molecular complexity index is 1130. The van der Waals surface area contributed by atoms with Gasteiger partial charge >= 0.3 is 5.97 Å². The highest BCUT2D eigenvalue weighted by molar-refractivity contribution is 5.65. The third kappa shape index (κ3) is 7.27. The van der Waals surface area contributed by atoms with Gasteiger partial charge in [-0.1, -0.05) is 37.1 Å². The van der Waals surface area contributed by atoms with E-state index in [4.69, 9.17) is 23.7 Å². The predicted octanol–water partition coefficient (Wildman–Crippen LogP) is 2.04. The first kappa shape index (κ1) is 36.2. The van der Waals surface area contributed by atoms with Gasteiger partial charge in [-0.05, 0) is 57.4 Å². The largest absolute Gasteiger partial charge is 0.465 e. The lowest BCUT2D eigenvalue weighted by Gasteiger charge is -2.46. The van der Waals surface area contributed by atoms with E-state index in [2.05, 4.69) is 12.7 Å². The van der Waals surface area contributed by atoms with Crippen molar-refractivity contribution in [1.82, 2.24) is 0 Å². The van der Waals surface area contributed by atoms with Crippen LogP contribution in [-0.4, -0.2) is 113 Å². The summed E-state index contributed by atoms with van der Waals surface area (Å²) in [7, 11) is 1.67. The normalized spacial score (nSPS) is 42.2. The minimum absolute atomic E-state index is 0.00578. The first-order chi connectivity index (χ1) is 21.1. The van der Waals surface area contributed by atoms with Crippen molar-refractivity contribution >= 4 is 5.97 Å². The number of esters is 1.